The highest BCUT2D eigenvalue weighted by Crippen LogP contribution is 2.35. The van der Waals surface area contributed by atoms with E-state index >= 15 is 0 Å². The van der Waals surface area contributed by atoms with Crippen molar-refractivity contribution in [2.24, 2.45) is 0 Å². The van der Waals surface area contributed by atoms with E-state index in [2.05, 4.69) is 4.52 Å². The molecule has 0 unspecified atom stereocenters. The van der Waals surface area contributed by atoms with Gasteiger partial charge in [-0.25, -0.2) is 4.57 Å². The van der Waals surface area contributed by atoms with Gasteiger partial charge in [0.15, 0.2) is 0 Å². The van der Waals surface area contributed by atoms with Crippen molar-refractivity contribution >= 4 is 13.7 Å². The van der Waals surface area contributed by atoms with Crippen molar-refractivity contribution in [3.63, 3.8) is 0 Å². The number of hydrogen-bond donors (Lipinski definition) is 3. The number of phosphoric acid groups is 1. The van der Waals surface area contributed by atoms with Crippen molar-refractivity contribution in [3.05, 3.63) is 0 Å². The molecule has 1 amide bonds. The first-order valence-electron chi connectivity index (χ1n) is 4.99. The molecule has 0 atom stereocenters. The molecule has 96 valence electrons. The monoisotopic (exact) mass is 255 g/mol. The lowest BCUT2D eigenvalue weighted by Crippen LogP contribution is -2.35. The Balaban J connectivity index is 4.10. The molecule has 0 spiro atoms. The molecule has 0 radical (unpaired) electrons. The lowest BCUT2D eigenvalue weighted by Gasteiger charge is -2.21. The molecule has 0 aliphatic carbocycles. The zero-order chi connectivity index (χ0) is 12.6. The summed E-state index contributed by atoms with van der Waals surface area (Å²) in [6.45, 7) is 2.03. The van der Waals surface area contributed by atoms with E-state index in [4.69, 9.17) is 14.9 Å². The van der Waals surface area contributed by atoms with E-state index in [0.29, 0.717) is 19.5 Å². The second kappa shape index (κ2) is 7.76. The molecule has 0 aliphatic rings. The average Bonchev–Trinajstić information content (AvgIpc) is 2.19. The van der Waals surface area contributed by atoms with Gasteiger partial charge in [-0.1, -0.05) is 6.92 Å². The Morgan fingerprint density at radius 1 is 1.38 bits per heavy atom. The normalized spacial score (nSPS) is 11.5. The SMILES string of the molecule is CCCN(CCCO)C(=O)COP(=O)(O)O. The van der Waals surface area contributed by atoms with Gasteiger partial charge in [-0.3, -0.25) is 9.32 Å². The zero-order valence-corrected chi connectivity index (χ0v) is 10.1. The van der Waals surface area contributed by atoms with E-state index in [-0.39, 0.29) is 6.61 Å². The minimum Gasteiger partial charge on any atom is -0.396 e. The molecule has 0 aromatic carbocycles. The van der Waals surface area contributed by atoms with Crippen molar-refractivity contribution in [2.75, 3.05) is 26.3 Å². The molecule has 0 aliphatic heterocycles. The number of hydrogen-bond acceptors (Lipinski definition) is 4. The van der Waals surface area contributed by atoms with Gasteiger partial charge in [-0.05, 0) is 12.8 Å². The molecule has 7 nitrogen and oxygen atoms in total. The minimum absolute atomic E-state index is 0.0349. The van der Waals surface area contributed by atoms with Crippen LogP contribution < -0.4 is 0 Å². The van der Waals surface area contributed by atoms with E-state index in [1.54, 1.807) is 0 Å². The van der Waals surface area contributed by atoms with Crippen LogP contribution in [0, 0.1) is 0 Å². The second-order valence-corrected chi connectivity index (χ2v) is 4.46. The van der Waals surface area contributed by atoms with E-state index < -0.39 is 20.3 Å². The van der Waals surface area contributed by atoms with Gasteiger partial charge in [-0.15, -0.1) is 0 Å². The van der Waals surface area contributed by atoms with Crippen LogP contribution in [0.25, 0.3) is 0 Å². The van der Waals surface area contributed by atoms with Gasteiger partial charge in [0, 0.05) is 19.7 Å². The number of aliphatic hydroxyl groups excluding tert-OH is 1. The molecule has 8 heteroatoms. The Morgan fingerprint density at radius 3 is 2.44 bits per heavy atom. The molecule has 16 heavy (non-hydrogen) atoms. The third kappa shape index (κ3) is 7.78. The highest BCUT2D eigenvalue weighted by atomic mass is 31.2. The van der Waals surface area contributed by atoms with Gasteiger partial charge in [0.25, 0.3) is 0 Å². The molecule has 0 rings (SSSR count). The summed E-state index contributed by atoms with van der Waals surface area (Å²) in [5.41, 5.74) is 0. The van der Waals surface area contributed by atoms with Crippen LogP contribution in [0.1, 0.15) is 19.8 Å². The first-order valence-corrected chi connectivity index (χ1v) is 6.52. The number of carbonyl (C=O) groups is 1. The average molecular weight is 255 g/mol. The third-order valence-electron chi connectivity index (χ3n) is 1.79. The summed E-state index contributed by atoms with van der Waals surface area (Å²) in [6.07, 6.45) is 1.16. The summed E-state index contributed by atoms with van der Waals surface area (Å²) in [7, 11) is -4.60. The molecule has 0 heterocycles. The first kappa shape index (κ1) is 15.5. The number of aliphatic hydroxyl groups is 1. The highest BCUT2D eigenvalue weighted by Gasteiger charge is 2.19. The fourth-order valence-electron chi connectivity index (χ4n) is 1.12. The fourth-order valence-corrected chi connectivity index (χ4v) is 1.40. The van der Waals surface area contributed by atoms with Crippen LogP contribution >= 0.6 is 7.82 Å². The summed E-state index contributed by atoms with van der Waals surface area (Å²) in [5.74, 6) is -0.487. The van der Waals surface area contributed by atoms with Crippen LogP contribution in [0.15, 0.2) is 0 Å². The maximum absolute atomic E-state index is 11.5. The topological polar surface area (TPSA) is 107 Å². The van der Waals surface area contributed by atoms with Gasteiger partial charge in [0.1, 0.15) is 6.61 Å². The number of rotatable bonds is 8. The smallest absolute Gasteiger partial charge is 0.396 e. The number of carbonyl (C=O) groups excluding carboxylic acids is 1. The molecular formula is C8H18NO6P. The van der Waals surface area contributed by atoms with E-state index in [1.165, 1.54) is 4.90 Å². The molecule has 0 aromatic rings. The van der Waals surface area contributed by atoms with Crippen molar-refractivity contribution in [2.45, 2.75) is 19.8 Å². The largest absolute Gasteiger partial charge is 0.470 e. The van der Waals surface area contributed by atoms with Gasteiger partial charge < -0.3 is 19.8 Å². The number of nitrogens with zero attached hydrogens (tertiary/aromatic N) is 1. The van der Waals surface area contributed by atoms with Crippen LogP contribution in [0.2, 0.25) is 0 Å². The molecule has 0 fully saturated rings. The Bertz CT molecular complexity index is 253. The van der Waals surface area contributed by atoms with Crippen LogP contribution in [-0.4, -0.2) is 52.0 Å². The fraction of sp³-hybridized carbons (Fsp3) is 0.875. The molecule has 0 saturated heterocycles. The predicted octanol–water partition coefficient (Wildman–Crippen LogP) is -0.283. The summed E-state index contributed by atoms with van der Waals surface area (Å²) in [5, 5.41) is 8.63. The van der Waals surface area contributed by atoms with Gasteiger partial charge in [0.2, 0.25) is 5.91 Å². The van der Waals surface area contributed by atoms with Gasteiger partial charge >= 0.3 is 7.82 Å². The molecular weight excluding hydrogens is 237 g/mol. The Hall–Kier alpha value is -0.460. The summed E-state index contributed by atoms with van der Waals surface area (Å²) in [4.78, 5) is 29.7. The Morgan fingerprint density at radius 2 is 2.00 bits per heavy atom. The van der Waals surface area contributed by atoms with Crippen molar-refractivity contribution < 1.29 is 28.8 Å². The van der Waals surface area contributed by atoms with Crippen LogP contribution in [0.5, 0.6) is 0 Å². The number of amides is 1. The first-order chi connectivity index (χ1) is 7.40. The quantitative estimate of drug-likeness (QED) is 0.515. The van der Waals surface area contributed by atoms with E-state index in [9.17, 15) is 9.36 Å². The maximum Gasteiger partial charge on any atom is 0.470 e. The van der Waals surface area contributed by atoms with Crippen LogP contribution in [-0.2, 0) is 13.9 Å². The van der Waals surface area contributed by atoms with Gasteiger partial charge in [-0.2, -0.15) is 0 Å². The van der Waals surface area contributed by atoms with Gasteiger partial charge in [0.05, 0.1) is 0 Å². The Kier molecular flexibility index (Phi) is 7.53. The predicted molar refractivity (Wildman–Crippen MR) is 56.6 cm³/mol. The molecule has 0 bridgehead atoms. The van der Waals surface area contributed by atoms with Crippen LogP contribution in [0.4, 0.5) is 0 Å². The molecule has 0 saturated carbocycles. The van der Waals surface area contributed by atoms with Crippen molar-refractivity contribution in [1.29, 1.82) is 0 Å². The number of phosphoric ester groups is 1. The third-order valence-corrected chi connectivity index (χ3v) is 2.25. The maximum atomic E-state index is 11.5. The van der Waals surface area contributed by atoms with Crippen LogP contribution in [0.3, 0.4) is 0 Å². The molecule has 3 N–H and O–H groups in total. The summed E-state index contributed by atoms with van der Waals surface area (Å²) in [6, 6.07) is 0. The van der Waals surface area contributed by atoms with Crippen molar-refractivity contribution in [3.8, 4) is 0 Å². The summed E-state index contributed by atoms with van der Waals surface area (Å²) < 4.78 is 14.5. The molecule has 0 aromatic heterocycles. The van der Waals surface area contributed by atoms with Crippen molar-refractivity contribution in [1.82, 2.24) is 4.90 Å². The standard InChI is InChI=1S/C8H18NO6P/c1-2-4-9(5-3-6-10)8(11)7-15-16(12,13)14/h10H,2-7H2,1H3,(H2,12,13,14). The zero-order valence-electron chi connectivity index (χ0n) is 9.20. The lowest BCUT2D eigenvalue weighted by atomic mass is 10.3. The minimum atomic E-state index is -4.60. The lowest BCUT2D eigenvalue weighted by molar-refractivity contribution is -0.134. The second-order valence-electron chi connectivity index (χ2n) is 3.22. The van der Waals surface area contributed by atoms with E-state index in [1.807, 2.05) is 6.92 Å². The summed E-state index contributed by atoms with van der Waals surface area (Å²) >= 11 is 0. The Labute approximate surface area is 94.3 Å². The highest BCUT2D eigenvalue weighted by molar-refractivity contribution is 7.46. The van der Waals surface area contributed by atoms with E-state index in [0.717, 1.165) is 6.42 Å².